The number of hydrogen-bond acceptors (Lipinski definition) is 3. The van der Waals surface area contributed by atoms with Gasteiger partial charge >= 0.3 is 0 Å². The maximum atomic E-state index is 12.9. The van der Waals surface area contributed by atoms with E-state index in [0.717, 1.165) is 45.4 Å². The molecule has 0 bridgehead atoms. The molecule has 0 aliphatic carbocycles. The number of thiophene rings is 1. The van der Waals surface area contributed by atoms with Crippen LogP contribution in [0.5, 0.6) is 0 Å². The van der Waals surface area contributed by atoms with Gasteiger partial charge in [-0.05, 0) is 48.1 Å². The first-order valence-corrected chi connectivity index (χ1v) is 10.5. The summed E-state index contributed by atoms with van der Waals surface area (Å²) in [5.74, 6) is 0.675. The monoisotopic (exact) mass is 428 g/mol. The van der Waals surface area contributed by atoms with E-state index >= 15 is 0 Å². The van der Waals surface area contributed by atoms with Crippen molar-refractivity contribution in [2.75, 3.05) is 13.1 Å². The minimum atomic E-state index is 0.159. The number of rotatable bonds is 3. The highest BCUT2D eigenvalue weighted by Crippen LogP contribution is 2.34. The van der Waals surface area contributed by atoms with Crippen LogP contribution < -0.4 is 5.73 Å². The van der Waals surface area contributed by atoms with Crippen LogP contribution in [0.3, 0.4) is 0 Å². The van der Waals surface area contributed by atoms with Gasteiger partial charge in [-0.2, -0.15) is 0 Å². The summed E-state index contributed by atoms with van der Waals surface area (Å²) in [6.07, 6.45) is 2.02. The quantitative estimate of drug-likeness (QED) is 0.627. The van der Waals surface area contributed by atoms with Crippen molar-refractivity contribution in [3.63, 3.8) is 0 Å². The zero-order valence-corrected chi connectivity index (χ0v) is 16.9. The maximum Gasteiger partial charge on any atom is 0.263 e. The van der Waals surface area contributed by atoms with Gasteiger partial charge in [0.1, 0.15) is 0 Å². The number of nitrogens with zero attached hydrogens (tertiary/aromatic N) is 1. The van der Waals surface area contributed by atoms with E-state index in [-0.39, 0.29) is 5.91 Å². The van der Waals surface area contributed by atoms with Crippen molar-refractivity contribution < 1.29 is 4.79 Å². The van der Waals surface area contributed by atoms with Crippen molar-refractivity contribution in [3.05, 3.63) is 69.0 Å². The van der Waals surface area contributed by atoms with Crippen molar-refractivity contribution in [2.45, 2.75) is 25.3 Å². The van der Waals surface area contributed by atoms with E-state index in [4.69, 9.17) is 5.73 Å². The molecule has 2 heterocycles. The van der Waals surface area contributed by atoms with Crippen molar-refractivity contribution in [1.29, 1.82) is 0 Å². The van der Waals surface area contributed by atoms with E-state index in [1.54, 1.807) is 11.3 Å². The summed E-state index contributed by atoms with van der Waals surface area (Å²) in [5.41, 5.74) is 8.29. The van der Waals surface area contributed by atoms with Crippen molar-refractivity contribution >= 4 is 43.3 Å². The fraction of sp³-hybridized carbons (Fsp3) is 0.286. The minimum Gasteiger partial charge on any atom is -0.338 e. The van der Waals surface area contributed by atoms with Gasteiger partial charge in [0.15, 0.2) is 0 Å². The summed E-state index contributed by atoms with van der Waals surface area (Å²) in [4.78, 5) is 15.8. The molecule has 1 fully saturated rings. The molecule has 134 valence electrons. The van der Waals surface area contributed by atoms with Gasteiger partial charge in [-0.25, -0.2) is 0 Å². The van der Waals surface area contributed by atoms with Crippen molar-refractivity contribution in [3.8, 4) is 0 Å². The molecule has 4 rings (SSSR count). The molecule has 1 amide bonds. The lowest BCUT2D eigenvalue weighted by Crippen LogP contribution is -2.37. The number of amides is 1. The molecule has 0 radical (unpaired) electrons. The lowest BCUT2D eigenvalue weighted by atomic mass is 9.88. The summed E-state index contributed by atoms with van der Waals surface area (Å²) in [6, 6.07) is 16.7. The number of hydrogen-bond donors (Lipinski definition) is 1. The van der Waals surface area contributed by atoms with Crippen LogP contribution in [0, 0.1) is 0 Å². The third kappa shape index (κ3) is 3.43. The second-order valence-electron chi connectivity index (χ2n) is 6.78. The molecule has 0 spiro atoms. The van der Waals surface area contributed by atoms with Crippen LogP contribution >= 0.6 is 27.3 Å². The molecule has 2 N–H and O–H groups in total. The first-order valence-electron chi connectivity index (χ1n) is 8.92. The maximum absolute atomic E-state index is 12.9. The van der Waals surface area contributed by atoms with Gasteiger partial charge in [0, 0.05) is 34.2 Å². The highest BCUT2D eigenvalue weighted by Gasteiger charge is 2.25. The Kier molecular flexibility index (Phi) is 5.11. The molecular weight excluding hydrogens is 408 g/mol. The fourth-order valence-corrected chi connectivity index (χ4v) is 5.34. The molecule has 2 aromatic carbocycles. The summed E-state index contributed by atoms with van der Waals surface area (Å²) < 4.78 is 2.19. The number of fused-ring (bicyclic) bond motifs is 1. The number of nitrogens with two attached hydrogens (primary N) is 1. The molecule has 3 nitrogen and oxygen atoms in total. The van der Waals surface area contributed by atoms with E-state index in [1.165, 1.54) is 11.1 Å². The van der Waals surface area contributed by atoms with Gasteiger partial charge < -0.3 is 10.6 Å². The number of halogens is 1. The Labute approximate surface area is 165 Å². The average molecular weight is 429 g/mol. The summed E-state index contributed by atoms with van der Waals surface area (Å²) >= 11 is 5.15. The Bertz CT molecular complexity index is 944. The number of carbonyl (C=O) groups excluding carboxylic acids is 1. The van der Waals surface area contributed by atoms with E-state index in [9.17, 15) is 4.79 Å². The normalized spacial score (nSPS) is 15.5. The van der Waals surface area contributed by atoms with Crippen LogP contribution in [0.1, 0.15) is 39.6 Å². The third-order valence-corrected chi connectivity index (χ3v) is 6.94. The number of carbonyl (C=O) groups is 1. The average Bonchev–Trinajstić information content (AvgIpc) is 3.13. The predicted octanol–water partition coefficient (Wildman–Crippen LogP) is 5.14. The van der Waals surface area contributed by atoms with E-state index in [0.29, 0.717) is 12.5 Å². The topological polar surface area (TPSA) is 46.3 Å². The van der Waals surface area contributed by atoms with Gasteiger partial charge in [0.2, 0.25) is 0 Å². The molecule has 1 aliphatic rings. The van der Waals surface area contributed by atoms with Gasteiger partial charge in [0.05, 0.1) is 4.88 Å². The second-order valence-corrected chi connectivity index (χ2v) is 8.72. The minimum absolute atomic E-state index is 0.159. The molecule has 3 aromatic rings. The van der Waals surface area contributed by atoms with Gasteiger partial charge in [-0.3, -0.25) is 4.79 Å². The van der Waals surface area contributed by atoms with Crippen molar-refractivity contribution in [1.82, 2.24) is 4.90 Å². The van der Waals surface area contributed by atoms with E-state index < -0.39 is 0 Å². The number of benzene rings is 2. The largest absolute Gasteiger partial charge is 0.338 e. The highest BCUT2D eigenvalue weighted by molar-refractivity contribution is 9.10. The fourth-order valence-electron chi connectivity index (χ4n) is 3.68. The van der Waals surface area contributed by atoms with Crippen molar-refractivity contribution in [2.24, 2.45) is 5.73 Å². The van der Waals surface area contributed by atoms with Crippen LogP contribution in [0.2, 0.25) is 0 Å². The molecule has 0 unspecified atom stereocenters. The predicted molar refractivity (Wildman–Crippen MR) is 112 cm³/mol. The first-order chi connectivity index (χ1) is 12.7. The Hall–Kier alpha value is -1.69. The molecule has 0 saturated carbocycles. The molecule has 0 atom stereocenters. The Balaban J connectivity index is 1.46. The summed E-state index contributed by atoms with van der Waals surface area (Å²) in [7, 11) is 0. The van der Waals surface area contributed by atoms with Crippen LogP contribution in [0.15, 0.2) is 53.0 Å². The molecule has 1 aromatic heterocycles. The van der Waals surface area contributed by atoms with Crippen LogP contribution in [-0.4, -0.2) is 23.9 Å². The Morgan fingerprint density at radius 1 is 1.15 bits per heavy atom. The lowest BCUT2D eigenvalue weighted by Gasteiger charge is -2.32. The van der Waals surface area contributed by atoms with E-state index in [1.807, 2.05) is 23.1 Å². The third-order valence-electron chi connectivity index (χ3n) is 5.16. The zero-order chi connectivity index (χ0) is 18.1. The number of piperidine rings is 1. The highest BCUT2D eigenvalue weighted by atomic mass is 79.9. The molecule has 26 heavy (non-hydrogen) atoms. The first kappa shape index (κ1) is 17.7. The zero-order valence-electron chi connectivity index (χ0n) is 14.5. The Morgan fingerprint density at radius 3 is 2.65 bits per heavy atom. The van der Waals surface area contributed by atoms with Crippen LogP contribution in [-0.2, 0) is 6.54 Å². The van der Waals surface area contributed by atoms with Crippen LogP contribution in [0.4, 0.5) is 0 Å². The smallest absolute Gasteiger partial charge is 0.263 e. The number of likely N-dealkylation sites (tertiary alicyclic amines) is 1. The molecule has 5 heteroatoms. The summed E-state index contributed by atoms with van der Waals surface area (Å²) in [5, 5.41) is 1.12. The molecular formula is C21H21BrN2OS. The lowest BCUT2D eigenvalue weighted by molar-refractivity contribution is 0.0718. The standard InChI is InChI=1S/C21H21BrN2OS/c22-18-5-2-6-19-17(18)12-20(26-19)21(25)24-9-7-15(8-10-24)16-4-1-3-14(11-16)13-23/h1-6,11-12,15H,7-10,13,23H2. The summed E-state index contributed by atoms with van der Waals surface area (Å²) in [6.45, 7) is 2.20. The van der Waals surface area contributed by atoms with Gasteiger partial charge in [0.25, 0.3) is 5.91 Å². The second kappa shape index (κ2) is 7.51. The Morgan fingerprint density at radius 2 is 1.92 bits per heavy atom. The molecule has 1 saturated heterocycles. The van der Waals surface area contributed by atoms with Crippen LogP contribution in [0.25, 0.3) is 10.1 Å². The SMILES string of the molecule is NCc1cccc(C2CCN(C(=O)c3cc4c(Br)cccc4s3)CC2)c1. The molecule has 1 aliphatic heterocycles. The van der Waals surface area contributed by atoms with E-state index in [2.05, 4.69) is 46.3 Å². The van der Waals surface area contributed by atoms with Gasteiger partial charge in [-0.15, -0.1) is 11.3 Å². The van der Waals surface area contributed by atoms with Gasteiger partial charge in [-0.1, -0.05) is 46.3 Å².